The van der Waals surface area contributed by atoms with Crippen LogP contribution in [0.2, 0.25) is 5.02 Å². The van der Waals surface area contributed by atoms with Gasteiger partial charge in [-0.15, -0.1) is 11.3 Å². The molecular weight excluding hydrogens is 390 g/mol. The van der Waals surface area contributed by atoms with Crippen molar-refractivity contribution >= 4 is 34.5 Å². The van der Waals surface area contributed by atoms with E-state index in [-0.39, 0.29) is 5.91 Å². The van der Waals surface area contributed by atoms with Crippen molar-refractivity contribution in [1.29, 1.82) is 0 Å². The molecule has 1 aromatic heterocycles. The molecule has 3 aliphatic rings. The van der Waals surface area contributed by atoms with E-state index in [1.807, 2.05) is 34.4 Å². The standard InChI is InChI=1S/C22H26ClN3OS/c23-18-3-1-2-4-19(18)24-10-12-25(13-11-24)21(27)15-26-9-7-20-17(8-14-28-20)22(26)16-5-6-16/h1-4,8,14,16,22H,5-7,9-13,15H2/t22-/m1/s1. The van der Waals surface area contributed by atoms with Gasteiger partial charge in [0.1, 0.15) is 0 Å². The summed E-state index contributed by atoms with van der Waals surface area (Å²) in [5.41, 5.74) is 2.57. The van der Waals surface area contributed by atoms with Gasteiger partial charge in [-0.25, -0.2) is 0 Å². The molecule has 0 radical (unpaired) electrons. The highest BCUT2D eigenvalue weighted by atomic mass is 35.5. The Morgan fingerprint density at radius 3 is 2.61 bits per heavy atom. The van der Waals surface area contributed by atoms with E-state index < -0.39 is 0 Å². The van der Waals surface area contributed by atoms with E-state index in [4.69, 9.17) is 11.6 Å². The minimum atomic E-state index is 0.281. The van der Waals surface area contributed by atoms with Gasteiger partial charge < -0.3 is 9.80 Å². The van der Waals surface area contributed by atoms with Gasteiger partial charge in [-0.1, -0.05) is 23.7 Å². The number of carbonyl (C=O) groups excluding carboxylic acids is 1. The Bertz CT molecular complexity index is 857. The van der Waals surface area contributed by atoms with Gasteiger partial charge in [-0.2, -0.15) is 0 Å². The van der Waals surface area contributed by atoms with Crippen molar-refractivity contribution in [2.45, 2.75) is 25.3 Å². The van der Waals surface area contributed by atoms with E-state index in [0.717, 1.165) is 55.8 Å². The van der Waals surface area contributed by atoms with Crippen LogP contribution in [0.3, 0.4) is 0 Å². The number of hydrogen-bond acceptors (Lipinski definition) is 4. The van der Waals surface area contributed by atoms with E-state index in [1.54, 1.807) is 0 Å². The molecule has 1 aromatic carbocycles. The molecule has 2 aromatic rings. The van der Waals surface area contributed by atoms with E-state index in [0.29, 0.717) is 12.6 Å². The molecule has 0 spiro atoms. The lowest BCUT2D eigenvalue weighted by Crippen LogP contribution is -2.52. The highest BCUT2D eigenvalue weighted by Gasteiger charge is 2.40. The number of thiophene rings is 1. The molecule has 1 saturated carbocycles. The quantitative estimate of drug-likeness (QED) is 0.753. The Balaban J connectivity index is 1.22. The maximum absolute atomic E-state index is 13.1. The van der Waals surface area contributed by atoms with Crippen LogP contribution in [0.5, 0.6) is 0 Å². The Morgan fingerprint density at radius 1 is 1.07 bits per heavy atom. The Labute approximate surface area is 175 Å². The number of benzene rings is 1. The Morgan fingerprint density at radius 2 is 1.86 bits per heavy atom. The summed E-state index contributed by atoms with van der Waals surface area (Å²) in [5.74, 6) is 1.03. The smallest absolute Gasteiger partial charge is 0.236 e. The first-order valence-electron chi connectivity index (χ1n) is 10.3. The van der Waals surface area contributed by atoms with Gasteiger partial charge in [0, 0.05) is 43.6 Å². The van der Waals surface area contributed by atoms with Gasteiger partial charge >= 0.3 is 0 Å². The number of para-hydroxylation sites is 1. The summed E-state index contributed by atoms with van der Waals surface area (Å²) >= 11 is 8.23. The third-order valence-corrected chi connectivity index (χ3v) is 7.67. The summed E-state index contributed by atoms with van der Waals surface area (Å²) in [6.07, 6.45) is 3.70. The fourth-order valence-electron chi connectivity index (χ4n) is 4.72. The Hall–Kier alpha value is -1.56. The molecule has 1 saturated heterocycles. The summed E-state index contributed by atoms with van der Waals surface area (Å²) < 4.78 is 0. The number of fused-ring (bicyclic) bond motifs is 1. The molecule has 1 atom stereocenters. The van der Waals surface area contributed by atoms with Gasteiger partial charge in [0.25, 0.3) is 0 Å². The van der Waals surface area contributed by atoms with Crippen molar-refractivity contribution in [2.24, 2.45) is 5.92 Å². The van der Waals surface area contributed by atoms with Crippen LogP contribution < -0.4 is 4.90 Å². The second kappa shape index (κ2) is 7.69. The summed E-state index contributed by atoms with van der Waals surface area (Å²) in [4.78, 5) is 21.4. The van der Waals surface area contributed by atoms with Crippen LogP contribution >= 0.6 is 22.9 Å². The van der Waals surface area contributed by atoms with E-state index in [1.165, 1.54) is 23.3 Å². The highest BCUT2D eigenvalue weighted by molar-refractivity contribution is 7.10. The van der Waals surface area contributed by atoms with Crippen LogP contribution in [0.4, 0.5) is 5.69 Å². The summed E-state index contributed by atoms with van der Waals surface area (Å²) in [5, 5.41) is 3.01. The lowest BCUT2D eigenvalue weighted by atomic mass is 9.96. The third-order valence-electron chi connectivity index (χ3n) is 6.35. The molecule has 2 fully saturated rings. The van der Waals surface area contributed by atoms with Crippen molar-refractivity contribution in [3.63, 3.8) is 0 Å². The molecule has 28 heavy (non-hydrogen) atoms. The molecule has 0 N–H and O–H groups in total. The number of nitrogens with zero attached hydrogens (tertiary/aromatic N) is 3. The number of carbonyl (C=O) groups is 1. The van der Waals surface area contributed by atoms with Crippen LogP contribution in [0.15, 0.2) is 35.7 Å². The number of amides is 1. The molecule has 5 rings (SSSR count). The van der Waals surface area contributed by atoms with Crippen molar-refractivity contribution in [3.8, 4) is 0 Å². The normalized spacial score (nSPS) is 23.0. The predicted molar refractivity (Wildman–Crippen MR) is 115 cm³/mol. The van der Waals surface area contributed by atoms with Crippen molar-refractivity contribution < 1.29 is 4.79 Å². The summed E-state index contributed by atoms with van der Waals surface area (Å²) in [6, 6.07) is 10.7. The molecule has 3 heterocycles. The summed E-state index contributed by atoms with van der Waals surface area (Å²) in [7, 11) is 0. The molecular formula is C22H26ClN3OS. The third kappa shape index (κ3) is 3.56. The zero-order valence-electron chi connectivity index (χ0n) is 16.0. The fraction of sp³-hybridized carbons (Fsp3) is 0.500. The fourth-order valence-corrected chi connectivity index (χ4v) is 5.89. The van der Waals surface area contributed by atoms with Gasteiger partial charge in [0.05, 0.1) is 17.3 Å². The zero-order valence-corrected chi connectivity index (χ0v) is 17.6. The number of anilines is 1. The van der Waals surface area contributed by atoms with Crippen molar-refractivity contribution in [3.05, 3.63) is 51.2 Å². The second-order valence-electron chi connectivity index (χ2n) is 8.12. The first-order chi connectivity index (χ1) is 13.7. The van der Waals surface area contributed by atoms with Crippen LogP contribution in [-0.4, -0.2) is 55.0 Å². The van der Waals surface area contributed by atoms with Crippen LogP contribution in [-0.2, 0) is 11.2 Å². The van der Waals surface area contributed by atoms with Crippen molar-refractivity contribution in [1.82, 2.24) is 9.80 Å². The number of hydrogen-bond donors (Lipinski definition) is 0. The molecule has 1 aliphatic carbocycles. The maximum Gasteiger partial charge on any atom is 0.236 e. The van der Waals surface area contributed by atoms with E-state index in [9.17, 15) is 4.79 Å². The van der Waals surface area contributed by atoms with E-state index in [2.05, 4.69) is 27.3 Å². The molecule has 2 aliphatic heterocycles. The maximum atomic E-state index is 13.1. The van der Waals surface area contributed by atoms with E-state index >= 15 is 0 Å². The van der Waals surface area contributed by atoms with Crippen LogP contribution in [0, 0.1) is 5.92 Å². The number of piperazine rings is 1. The lowest BCUT2D eigenvalue weighted by Gasteiger charge is -2.40. The minimum Gasteiger partial charge on any atom is -0.367 e. The van der Waals surface area contributed by atoms with Crippen LogP contribution in [0.25, 0.3) is 0 Å². The summed E-state index contributed by atoms with van der Waals surface area (Å²) in [6.45, 7) is 4.81. The molecule has 0 bridgehead atoms. The largest absolute Gasteiger partial charge is 0.367 e. The van der Waals surface area contributed by atoms with Gasteiger partial charge in [-0.3, -0.25) is 9.69 Å². The molecule has 6 heteroatoms. The monoisotopic (exact) mass is 415 g/mol. The lowest BCUT2D eigenvalue weighted by molar-refractivity contribution is -0.133. The number of rotatable bonds is 4. The average molecular weight is 416 g/mol. The molecule has 1 amide bonds. The first-order valence-corrected chi connectivity index (χ1v) is 11.5. The first kappa shape index (κ1) is 18.5. The van der Waals surface area contributed by atoms with Crippen molar-refractivity contribution in [2.75, 3.05) is 44.2 Å². The second-order valence-corrected chi connectivity index (χ2v) is 9.53. The molecule has 148 valence electrons. The average Bonchev–Trinajstić information content (AvgIpc) is 3.44. The van der Waals surface area contributed by atoms with Gasteiger partial charge in [-0.05, 0) is 54.3 Å². The zero-order chi connectivity index (χ0) is 19.1. The van der Waals surface area contributed by atoms with Gasteiger partial charge in [0.15, 0.2) is 0 Å². The molecule has 4 nitrogen and oxygen atoms in total. The predicted octanol–water partition coefficient (Wildman–Crippen LogP) is 4.06. The SMILES string of the molecule is O=C(CN1CCc2sccc2[C@H]1C1CC1)N1CCN(c2ccccc2Cl)CC1. The highest BCUT2D eigenvalue weighted by Crippen LogP contribution is 2.48. The minimum absolute atomic E-state index is 0.281. The number of halogens is 1. The van der Waals surface area contributed by atoms with Gasteiger partial charge in [0.2, 0.25) is 5.91 Å². The Kier molecular flexibility index (Phi) is 5.07. The molecule has 0 unspecified atom stereocenters. The topological polar surface area (TPSA) is 26.8 Å². The van der Waals surface area contributed by atoms with Crippen LogP contribution in [0.1, 0.15) is 29.3 Å².